The van der Waals surface area contributed by atoms with Gasteiger partial charge in [0.25, 0.3) is 0 Å². The number of benzene rings is 1. The summed E-state index contributed by atoms with van der Waals surface area (Å²) in [6.45, 7) is 6.97. The number of piperidine rings is 1. The van der Waals surface area contributed by atoms with Crippen LogP contribution in [0.2, 0.25) is 0 Å². The maximum Gasteiger partial charge on any atom is 0.410 e. The third-order valence-corrected chi connectivity index (χ3v) is 6.57. The van der Waals surface area contributed by atoms with Crippen molar-refractivity contribution in [2.24, 2.45) is 0 Å². The summed E-state index contributed by atoms with van der Waals surface area (Å²) in [5, 5.41) is 9.96. The number of carbonyl (C=O) groups is 1. The second kappa shape index (κ2) is 7.61. The SMILES string of the molecule is CC(C)(C)OC(=O)N1CCC2(CCc3cc(-c4cnc(CO)s4)ccc3O2)CC1. The van der Waals surface area contributed by atoms with Crippen LogP contribution in [0.25, 0.3) is 10.4 Å². The Labute approximate surface area is 175 Å². The number of likely N-dealkylation sites (tertiary alicyclic amines) is 1. The van der Waals surface area contributed by atoms with Gasteiger partial charge in [0.15, 0.2) is 0 Å². The third kappa shape index (κ3) is 4.41. The molecule has 0 bridgehead atoms. The van der Waals surface area contributed by atoms with Crippen LogP contribution in [0.3, 0.4) is 0 Å². The van der Waals surface area contributed by atoms with Gasteiger partial charge in [0.05, 0.1) is 11.5 Å². The van der Waals surface area contributed by atoms with E-state index in [0.29, 0.717) is 13.1 Å². The molecule has 1 N–H and O–H groups in total. The molecule has 0 radical (unpaired) electrons. The average Bonchev–Trinajstić information content (AvgIpc) is 3.16. The predicted octanol–water partition coefficient (Wildman–Crippen LogP) is 4.40. The molecule has 29 heavy (non-hydrogen) atoms. The molecule has 1 fully saturated rings. The summed E-state index contributed by atoms with van der Waals surface area (Å²) in [6, 6.07) is 6.28. The lowest BCUT2D eigenvalue weighted by molar-refractivity contribution is -0.0272. The van der Waals surface area contributed by atoms with Crippen LogP contribution in [0.4, 0.5) is 4.79 Å². The number of nitrogens with zero attached hydrogens (tertiary/aromatic N) is 2. The highest BCUT2D eigenvalue weighted by Crippen LogP contribution is 2.41. The van der Waals surface area contributed by atoms with Gasteiger partial charge >= 0.3 is 6.09 Å². The Balaban J connectivity index is 1.42. The second-order valence-corrected chi connectivity index (χ2v) is 9.97. The number of fused-ring (bicyclic) bond motifs is 1. The Kier molecular flexibility index (Phi) is 5.29. The van der Waals surface area contributed by atoms with Crippen molar-refractivity contribution in [3.05, 3.63) is 35.0 Å². The molecular formula is C22H28N2O4S. The smallest absolute Gasteiger partial charge is 0.410 e. The lowest BCUT2D eigenvalue weighted by atomic mass is 9.83. The molecule has 1 spiro atoms. The quantitative estimate of drug-likeness (QED) is 0.786. The van der Waals surface area contributed by atoms with E-state index in [1.807, 2.05) is 33.0 Å². The lowest BCUT2D eigenvalue weighted by Crippen LogP contribution is -2.52. The maximum atomic E-state index is 12.3. The van der Waals surface area contributed by atoms with Gasteiger partial charge in [-0.05, 0) is 62.9 Å². The standard InChI is InChI=1S/C22H28N2O4S/c1-21(2,3)28-20(26)24-10-8-22(9-11-24)7-6-15-12-16(4-5-17(15)27-22)18-13-23-19(14-25)29-18/h4-5,12-13,25H,6-11,14H2,1-3H3. The number of carbonyl (C=O) groups excluding carboxylic acids is 1. The Hall–Kier alpha value is -2.12. The van der Waals surface area contributed by atoms with Gasteiger partial charge in [0.1, 0.15) is 22.0 Å². The fourth-order valence-electron chi connectivity index (χ4n) is 3.97. The first-order valence-corrected chi connectivity index (χ1v) is 10.9. The number of aliphatic hydroxyl groups excluding tert-OH is 1. The normalized spacial score (nSPS) is 18.3. The first-order chi connectivity index (χ1) is 13.8. The van der Waals surface area contributed by atoms with E-state index in [1.165, 1.54) is 16.9 Å². The number of aryl methyl sites for hydroxylation is 1. The summed E-state index contributed by atoms with van der Waals surface area (Å²) in [5.74, 6) is 0.942. The molecule has 1 amide bonds. The zero-order chi connectivity index (χ0) is 20.6. The minimum absolute atomic E-state index is 0.0262. The van der Waals surface area contributed by atoms with Gasteiger partial charge in [-0.1, -0.05) is 0 Å². The van der Waals surface area contributed by atoms with Crippen LogP contribution < -0.4 is 4.74 Å². The Morgan fingerprint density at radius 1 is 1.31 bits per heavy atom. The number of hydrogen-bond donors (Lipinski definition) is 1. The van der Waals surface area contributed by atoms with Crippen molar-refractivity contribution in [2.75, 3.05) is 13.1 Å². The molecule has 6 nitrogen and oxygen atoms in total. The molecule has 2 aliphatic heterocycles. The van der Waals surface area contributed by atoms with Crippen molar-refractivity contribution in [3.8, 4) is 16.2 Å². The maximum absolute atomic E-state index is 12.3. The molecule has 0 atom stereocenters. The first-order valence-electron chi connectivity index (χ1n) is 10.1. The predicted molar refractivity (Wildman–Crippen MR) is 112 cm³/mol. The number of ether oxygens (including phenoxy) is 2. The van der Waals surface area contributed by atoms with Gasteiger partial charge in [-0.15, -0.1) is 11.3 Å². The van der Waals surface area contributed by atoms with E-state index >= 15 is 0 Å². The highest BCUT2D eigenvalue weighted by Gasteiger charge is 2.41. The molecule has 0 unspecified atom stereocenters. The minimum Gasteiger partial charge on any atom is -0.487 e. The van der Waals surface area contributed by atoms with Crippen molar-refractivity contribution in [2.45, 2.75) is 64.3 Å². The summed E-state index contributed by atoms with van der Waals surface area (Å²) in [5.41, 5.74) is 1.66. The number of rotatable bonds is 2. The van der Waals surface area contributed by atoms with Crippen molar-refractivity contribution >= 4 is 17.4 Å². The lowest BCUT2D eigenvalue weighted by Gasteiger charge is -2.44. The first kappa shape index (κ1) is 20.2. The van der Waals surface area contributed by atoms with Crippen molar-refractivity contribution in [3.63, 3.8) is 0 Å². The van der Waals surface area contributed by atoms with Crippen molar-refractivity contribution in [1.29, 1.82) is 0 Å². The van der Waals surface area contributed by atoms with Crippen molar-refractivity contribution in [1.82, 2.24) is 9.88 Å². The van der Waals surface area contributed by atoms with Crippen LogP contribution in [0.1, 0.15) is 50.6 Å². The van der Waals surface area contributed by atoms with Gasteiger partial charge in [-0.3, -0.25) is 0 Å². The van der Waals surface area contributed by atoms with E-state index in [0.717, 1.165) is 46.9 Å². The van der Waals surface area contributed by atoms with E-state index in [1.54, 1.807) is 4.90 Å². The monoisotopic (exact) mass is 416 g/mol. The van der Waals surface area contributed by atoms with E-state index in [-0.39, 0.29) is 18.3 Å². The highest BCUT2D eigenvalue weighted by atomic mass is 32.1. The highest BCUT2D eigenvalue weighted by molar-refractivity contribution is 7.15. The number of hydrogen-bond acceptors (Lipinski definition) is 6. The number of amides is 1. The van der Waals surface area contributed by atoms with Gasteiger partial charge in [-0.2, -0.15) is 0 Å². The Bertz CT molecular complexity index is 894. The Morgan fingerprint density at radius 3 is 2.72 bits per heavy atom. The average molecular weight is 417 g/mol. The van der Waals surface area contributed by atoms with Crippen LogP contribution in [0, 0.1) is 0 Å². The molecule has 3 heterocycles. The van der Waals surface area contributed by atoms with Crippen LogP contribution in [0.15, 0.2) is 24.4 Å². The number of thiazole rings is 1. The van der Waals surface area contributed by atoms with Gasteiger partial charge in [0, 0.05) is 32.1 Å². The molecule has 7 heteroatoms. The molecule has 2 aromatic rings. The number of aromatic nitrogens is 1. The van der Waals surface area contributed by atoms with Gasteiger partial charge < -0.3 is 19.5 Å². The Morgan fingerprint density at radius 2 is 2.07 bits per heavy atom. The third-order valence-electron chi connectivity index (χ3n) is 5.54. The molecule has 0 aliphatic carbocycles. The summed E-state index contributed by atoms with van der Waals surface area (Å²) in [6.07, 6.45) is 5.14. The zero-order valence-corrected chi connectivity index (χ0v) is 18.1. The van der Waals surface area contributed by atoms with Crippen LogP contribution in [-0.4, -0.2) is 45.4 Å². The van der Waals surface area contributed by atoms with Crippen LogP contribution in [0.5, 0.6) is 5.75 Å². The fraction of sp³-hybridized carbons (Fsp3) is 0.545. The molecular weight excluding hydrogens is 388 g/mol. The minimum atomic E-state index is -0.472. The number of aliphatic hydroxyl groups is 1. The van der Waals surface area contributed by atoms with Crippen LogP contribution in [-0.2, 0) is 17.8 Å². The van der Waals surface area contributed by atoms with Crippen molar-refractivity contribution < 1.29 is 19.4 Å². The summed E-state index contributed by atoms with van der Waals surface area (Å²) < 4.78 is 12.0. The van der Waals surface area contributed by atoms with Gasteiger partial charge in [0.2, 0.25) is 0 Å². The zero-order valence-electron chi connectivity index (χ0n) is 17.2. The molecule has 2 aliphatic rings. The molecule has 0 saturated carbocycles. The van der Waals surface area contributed by atoms with E-state index in [4.69, 9.17) is 9.47 Å². The molecule has 1 aromatic heterocycles. The van der Waals surface area contributed by atoms with E-state index in [2.05, 4.69) is 17.1 Å². The molecule has 4 rings (SSSR count). The van der Waals surface area contributed by atoms with E-state index in [9.17, 15) is 9.90 Å². The molecule has 1 aromatic carbocycles. The topological polar surface area (TPSA) is 71.9 Å². The summed E-state index contributed by atoms with van der Waals surface area (Å²) in [7, 11) is 0. The fourth-order valence-corrected chi connectivity index (χ4v) is 4.74. The molecule has 1 saturated heterocycles. The molecule has 156 valence electrons. The summed E-state index contributed by atoms with van der Waals surface area (Å²) >= 11 is 1.51. The van der Waals surface area contributed by atoms with Gasteiger partial charge in [-0.25, -0.2) is 9.78 Å². The van der Waals surface area contributed by atoms with Crippen LogP contribution >= 0.6 is 11.3 Å². The second-order valence-electron chi connectivity index (χ2n) is 8.85. The largest absolute Gasteiger partial charge is 0.487 e. The summed E-state index contributed by atoms with van der Waals surface area (Å²) in [4.78, 5) is 19.4. The van der Waals surface area contributed by atoms with E-state index < -0.39 is 5.60 Å².